The zero-order chi connectivity index (χ0) is 18.0. The zero-order valence-electron chi connectivity index (χ0n) is 12.9. The molecule has 0 radical (unpaired) electrons. The fourth-order valence-corrected chi connectivity index (χ4v) is 2.68. The van der Waals surface area contributed by atoms with E-state index in [9.17, 15) is 22.4 Å². The van der Waals surface area contributed by atoms with Crippen molar-refractivity contribution in [2.24, 2.45) is 11.0 Å². The highest BCUT2D eigenvalue weighted by Gasteiger charge is 2.43. The van der Waals surface area contributed by atoms with Crippen LogP contribution in [0.15, 0.2) is 53.6 Å². The Bertz CT molecular complexity index is 799. The summed E-state index contributed by atoms with van der Waals surface area (Å²) in [4.78, 5) is 12.0. The van der Waals surface area contributed by atoms with E-state index in [4.69, 9.17) is 0 Å². The number of carbonyl (C=O) groups excluding carboxylic acids is 1. The number of benzene rings is 2. The van der Waals surface area contributed by atoms with Crippen LogP contribution in [0.5, 0.6) is 0 Å². The third kappa shape index (κ3) is 4.04. The van der Waals surface area contributed by atoms with Crippen LogP contribution in [0.2, 0.25) is 0 Å². The molecule has 25 heavy (non-hydrogen) atoms. The average molecular weight is 350 g/mol. The summed E-state index contributed by atoms with van der Waals surface area (Å²) in [5, 5.41) is 3.63. The van der Waals surface area contributed by atoms with Crippen molar-refractivity contribution in [2.75, 3.05) is 0 Å². The summed E-state index contributed by atoms with van der Waals surface area (Å²) < 4.78 is 51.5. The van der Waals surface area contributed by atoms with Gasteiger partial charge in [-0.05, 0) is 36.1 Å². The summed E-state index contributed by atoms with van der Waals surface area (Å²) >= 11 is 0. The minimum Gasteiger partial charge on any atom is -0.273 e. The van der Waals surface area contributed by atoms with Crippen LogP contribution in [0.1, 0.15) is 29.0 Å². The molecule has 0 bridgehead atoms. The Hall–Kier alpha value is -2.70. The molecule has 2 aromatic rings. The molecular weight excluding hydrogens is 336 g/mol. The van der Waals surface area contributed by atoms with Gasteiger partial charge in [0.2, 0.25) is 5.91 Å². The van der Waals surface area contributed by atoms with Crippen molar-refractivity contribution in [3.8, 4) is 0 Å². The van der Waals surface area contributed by atoms with Crippen LogP contribution in [0.3, 0.4) is 0 Å². The van der Waals surface area contributed by atoms with E-state index in [1.807, 2.05) is 0 Å². The van der Waals surface area contributed by atoms with E-state index in [-0.39, 0.29) is 29.1 Å². The number of amides is 1. The van der Waals surface area contributed by atoms with Crippen LogP contribution < -0.4 is 5.43 Å². The topological polar surface area (TPSA) is 41.5 Å². The first-order chi connectivity index (χ1) is 11.9. The van der Waals surface area contributed by atoms with Gasteiger partial charge >= 0.3 is 6.18 Å². The predicted octanol–water partition coefficient (Wildman–Crippen LogP) is 4.10. The number of carbonyl (C=O) groups is 1. The normalized spacial score (nSPS) is 19.8. The standard InChI is InChI=1S/C18H14F4N2O/c19-13-7-5-11(6-8-13)14-9-15(14)17(25)24-23-10-12-3-1-2-4-16(12)18(20,21)22/h1-8,10,14-15H,9H2,(H,24,25). The molecule has 0 heterocycles. The summed E-state index contributed by atoms with van der Waals surface area (Å²) in [6.45, 7) is 0. The molecule has 7 heteroatoms. The van der Waals surface area contributed by atoms with Gasteiger partial charge < -0.3 is 0 Å². The largest absolute Gasteiger partial charge is 0.417 e. The molecule has 3 rings (SSSR count). The second kappa shape index (κ2) is 6.66. The summed E-state index contributed by atoms with van der Waals surface area (Å²) in [5.74, 6) is -1.04. The van der Waals surface area contributed by atoms with E-state index < -0.39 is 11.7 Å². The molecule has 0 aromatic heterocycles. The van der Waals surface area contributed by atoms with Gasteiger partial charge in [-0.2, -0.15) is 18.3 Å². The number of alkyl halides is 3. The molecule has 1 aliphatic rings. The Labute approximate surface area is 141 Å². The second-order valence-electron chi connectivity index (χ2n) is 5.82. The maximum atomic E-state index is 12.9. The number of hydrogen-bond donors (Lipinski definition) is 1. The molecule has 0 spiro atoms. The highest BCUT2D eigenvalue weighted by atomic mass is 19.4. The quantitative estimate of drug-likeness (QED) is 0.503. The van der Waals surface area contributed by atoms with Crippen molar-refractivity contribution in [1.29, 1.82) is 0 Å². The minimum atomic E-state index is -4.49. The number of halogens is 4. The van der Waals surface area contributed by atoms with E-state index in [1.54, 1.807) is 12.1 Å². The van der Waals surface area contributed by atoms with Crippen molar-refractivity contribution >= 4 is 12.1 Å². The molecule has 0 saturated heterocycles. The molecule has 0 aliphatic heterocycles. The van der Waals surface area contributed by atoms with Crippen molar-refractivity contribution in [2.45, 2.75) is 18.5 Å². The summed E-state index contributed by atoms with van der Waals surface area (Å²) in [6, 6.07) is 10.9. The first-order valence-electron chi connectivity index (χ1n) is 7.61. The van der Waals surface area contributed by atoms with E-state index in [2.05, 4.69) is 10.5 Å². The molecule has 2 unspecified atom stereocenters. The lowest BCUT2D eigenvalue weighted by molar-refractivity contribution is -0.137. The highest BCUT2D eigenvalue weighted by Crippen LogP contribution is 2.47. The Morgan fingerprint density at radius 2 is 1.80 bits per heavy atom. The van der Waals surface area contributed by atoms with Crippen molar-refractivity contribution in [1.82, 2.24) is 5.43 Å². The van der Waals surface area contributed by atoms with Gasteiger partial charge in [0.15, 0.2) is 0 Å². The lowest BCUT2D eigenvalue weighted by Crippen LogP contribution is -2.20. The van der Waals surface area contributed by atoms with Crippen molar-refractivity contribution < 1.29 is 22.4 Å². The number of hydrazone groups is 1. The van der Waals surface area contributed by atoms with E-state index in [0.29, 0.717) is 6.42 Å². The zero-order valence-corrected chi connectivity index (χ0v) is 12.9. The summed E-state index contributed by atoms with van der Waals surface area (Å²) in [5.41, 5.74) is 2.19. The van der Waals surface area contributed by atoms with Crippen molar-refractivity contribution in [3.05, 3.63) is 71.0 Å². The van der Waals surface area contributed by atoms with Gasteiger partial charge in [0.25, 0.3) is 0 Å². The average Bonchev–Trinajstić information content (AvgIpc) is 3.36. The molecule has 2 aromatic carbocycles. The van der Waals surface area contributed by atoms with Gasteiger partial charge in [-0.15, -0.1) is 0 Å². The first-order valence-corrected chi connectivity index (χ1v) is 7.61. The SMILES string of the molecule is O=C(NN=Cc1ccccc1C(F)(F)F)C1CC1c1ccc(F)cc1. The van der Waals surface area contributed by atoms with E-state index in [1.165, 1.54) is 30.3 Å². The monoisotopic (exact) mass is 350 g/mol. The molecule has 1 aliphatic carbocycles. The predicted molar refractivity (Wildman–Crippen MR) is 84.4 cm³/mol. The van der Waals surface area contributed by atoms with Gasteiger partial charge in [-0.3, -0.25) is 4.79 Å². The molecule has 3 nitrogen and oxygen atoms in total. The van der Waals surface area contributed by atoms with Gasteiger partial charge in [0.05, 0.1) is 11.8 Å². The van der Waals surface area contributed by atoms with Crippen molar-refractivity contribution in [3.63, 3.8) is 0 Å². The second-order valence-corrected chi connectivity index (χ2v) is 5.82. The number of rotatable bonds is 4. The first kappa shape index (κ1) is 17.1. The Morgan fingerprint density at radius 3 is 2.48 bits per heavy atom. The third-order valence-electron chi connectivity index (χ3n) is 4.07. The van der Waals surface area contributed by atoms with E-state index in [0.717, 1.165) is 17.8 Å². The maximum absolute atomic E-state index is 12.9. The molecular formula is C18H14F4N2O. The molecule has 1 saturated carbocycles. The van der Waals surface area contributed by atoms with Crippen LogP contribution in [0, 0.1) is 11.7 Å². The number of nitrogens with zero attached hydrogens (tertiary/aromatic N) is 1. The molecule has 1 amide bonds. The number of hydrogen-bond acceptors (Lipinski definition) is 2. The Morgan fingerprint density at radius 1 is 1.12 bits per heavy atom. The number of nitrogens with one attached hydrogen (secondary N) is 1. The van der Waals surface area contributed by atoms with Crippen LogP contribution in [0.4, 0.5) is 17.6 Å². The van der Waals surface area contributed by atoms with Crippen LogP contribution >= 0.6 is 0 Å². The summed E-state index contributed by atoms with van der Waals surface area (Å²) in [7, 11) is 0. The Kier molecular flexibility index (Phi) is 4.57. The third-order valence-corrected chi connectivity index (χ3v) is 4.07. The Balaban J connectivity index is 1.61. The van der Waals surface area contributed by atoms with Crippen LogP contribution in [-0.4, -0.2) is 12.1 Å². The van der Waals surface area contributed by atoms with Gasteiger partial charge in [-0.1, -0.05) is 30.3 Å². The van der Waals surface area contributed by atoms with Crippen LogP contribution in [0.25, 0.3) is 0 Å². The molecule has 2 atom stereocenters. The molecule has 130 valence electrons. The highest BCUT2D eigenvalue weighted by molar-refractivity contribution is 5.86. The van der Waals surface area contributed by atoms with Gasteiger partial charge in [0, 0.05) is 11.5 Å². The lowest BCUT2D eigenvalue weighted by Gasteiger charge is -2.09. The van der Waals surface area contributed by atoms with Gasteiger partial charge in [0.1, 0.15) is 5.82 Å². The lowest BCUT2D eigenvalue weighted by atomic mass is 10.1. The maximum Gasteiger partial charge on any atom is 0.417 e. The van der Waals surface area contributed by atoms with Gasteiger partial charge in [-0.25, -0.2) is 9.82 Å². The fourth-order valence-electron chi connectivity index (χ4n) is 2.68. The van der Waals surface area contributed by atoms with Crippen LogP contribution in [-0.2, 0) is 11.0 Å². The molecule has 1 N–H and O–H groups in total. The summed E-state index contributed by atoms with van der Waals surface area (Å²) in [6.07, 6.45) is -2.90. The smallest absolute Gasteiger partial charge is 0.273 e. The fraction of sp³-hybridized carbons (Fsp3) is 0.222. The molecule has 1 fully saturated rings. The van der Waals surface area contributed by atoms with E-state index >= 15 is 0 Å². The minimum absolute atomic E-state index is 0.0155.